The van der Waals surface area contributed by atoms with Crippen molar-refractivity contribution in [2.24, 2.45) is 16.1 Å². The molecule has 4 nitrogen and oxygen atoms in total. The zero-order valence-corrected chi connectivity index (χ0v) is 10.9. The van der Waals surface area contributed by atoms with E-state index in [-0.39, 0.29) is 11.7 Å². The van der Waals surface area contributed by atoms with Crippen molar-refractivity contribution in [3.8, 4) is 0 Å². The fraction of sp³-hybridized carbons (Fsp3) is 0.462. The first-order valence-corrected chi connectivity index (χ1v) is 7.20. The second-order valence-corrected chi connectivity index (χ2v) is 6.49. The highest BCUT2D eigenvalue weighted by molar-refractivity contribution is 7.87. The molecule has 3 rings (SSSR count). The van der Waals surface area contributed by atoms with Gasteiger partial charge >= 0.3 is 0 Å². The minimum atomic E-state index is -1.43. The van der Waals surface area contributed by atoms with Crippen LogP contribution in [0.15, 0.2) is 39.4 Å². The average Bonchev–Trinajstić information content (AvgIpc) is 2.92. The van der Waals surface area contributed by atoms with Gasteiger partial charge in [0.1, 0.15) is 0 Å². The zero-order valence-electron chi connectivity index (χ0n) is 10.1. The van der Waals surface area contributed by atoms with Gasteiger partial charge in [-0.3, -0.25) is 9.00 Å². The van der Waals surface area contributed by atoms with Crippen LogP contribution < -0.4 is 0 Å². The van der Waals surface area contributed by atoms with Crippen molar-refractivity contribution in [1.82, 2.24) is 0 Å². The second-order valence-electron chi connectivity index (χ2n) is 4.86. The lowest BCUT2D eigenvalue weighted by atomic mass is 10.1. The summed E-state index contributed by atoms with van der Waals surface area (Å²) >= 11 is 0. The van der Waals surface area contributed by atoms with Gasteiger partial charge < -0.3 is 0 Å². The van der Waals surface area contributed by atoms with E-state index in [0.29, 0.717) is 17.9 Å². The molecule has 1 aliphatic carbocycles. The Morgan fingerprint density at radius 3 is 2.78 bits per heavy atom. The van der Waals surface area contributed by atoms with E-state index in [1.807, 2.05) is 31.2 Å². The Hall–Kier alpha value is -1.36. The van der Waals surface area contributed by atoms with E-state index in [1.165, 1.54) is 0 Å². The highest BCUT2D eigenvalue weighted by Crippen LogP contribution is 2.44. The standard InChI is InChI=1S/C13H14N2O2S/c1-9-2-5-11(6-3-9)18(17)13-10(8-14-15-13)4-7-12(13)16/h2-3,5-6,10H,4,7-8H2,1H3/t10-,13-,18?/m0/s1. The predicted octanol–water partition coefficient (Wildman–Crippen LogP) is 2.24. The Bertz CT molecular complexity index is 553. The van der Waals surface area contributed by atoms with Gasteiger partial charge in [0.15, 0.2) is 5.78 Å². The van der Waals surface area contributed by atoms with Crippen LogP contribution in [-0.2, 0) is 15.6 Å². The van der Waals surface area contributed by atoms with Crippen molar-refractivity contribution < 1.29 is 9.00 Å². The van der Waals surface area contributed by atoms with Crippen LogP contribution in [0.4, 0.5) is 0 Å². The fourth-order valence-corrected chi connectivity index (χ4v) is 4.32. The molecule has 1 aromatic rings. The van der Waals surface area contributed by atoms with Crippen molar-refractivity contribution in [2.75, 3.05) is 6.54 Å². The number of ketones is 1. The normalized spacial score (nSPS) is 31.6. The van der Waals surface area contributed by atoms with Crippen LogP contribution >= 0.6 is 0 Å². The number of azo groups is 1. The summed E-state index contributed by atoms with van der Waals surface area (Å²) in [7, 11) is -1.43. The Labute approximate surface area is 108 Å². The molecule has 0 N–H and O–H groups in total. The minimum Gasteiger partial charge on any atom is -0.296 e. The quantitative estimate of drug-likeness (QED) is 0.820. The monoisotopic (exact) mass is 262 g/mol. The van der Waals surface area contributed by atoms with E-state index in [4.69, 9.17) is 0 Å². The van der Waals surface area contributed by atoms with Gasteiger partial charge in [0.2, 0.25) is 4.87 Å². The molecule has 1 heterocycles. The van der Waals surface area contributed by atoms with Gasteiger partial charge in [-0.25, -0.2) is 0 Å². The molecule has 2 aliphatic rings. The molecule has 5 heteroatoms. The van der Waals surface area contributed by atoms with Gasteiger partial charge in [-0.15, -0.1) is 0 Å². The summed E-state index contributed by atoms with van der Waals surface area (Å²) in [6, 6.07) is 7.45. The smallest absolute Gasteiger partial charge is 0.222 e. The fourth-order valence-electron chi connectivity index (χ4n) is 2.64. The third-order valence-electron chi connectivity index (χ3n) is 3.71. The van der Waals surface area contributed by atoms with E-state index in [2.05, 4.69) is 10.2 Å². The number of carbonyl (C=O) groups is 1. The average molecular weight is 262 g/mol. The van der Waals surface area contributed by atoms with Crippen molar-refractivity contribution in [1.29, 1.82) is 0 Å². The predicted molar refractivity (Wildman–Crippen MR) is 67.8 cm³/mol. The molecule has 0 amide bonds. The van der Waals surface area contributed by atoms with E-state index >= 15 is 0 Å². The van der Waals surface area contributed by atoms with Gasteiger partial charge in [0, 0.05) is 17.2 Å². The van der Waals surface area contributed by atoms with E-state index in [9.17, 15) is 9.00 Å². The number of hydrogen-bond acceptors (Lipinski definition) is 4. The Balaban J connectivity index is 2.03. The summed E-state index contributed by atoms with van der Waals surface area (Å²) in [5.41, 5.74) is 1.11. The highest BCUT2D eigenvalue weighted by Gasteiger charge is 2.58. The number of nitrogens with zero attached hydrogens (tertiary/aromatic N) is 2. The summed E-state index contributed by atoms with van der Waals surface area (Å²) in [6.07, 6.45) is 1.23. The molecule has 1 aromatic carbocycles. The van der Waals surface area contributed by atoms with Gasteiger partial charge in [-0.05, 0) is 25.5 Å². The van der Waals surface area contributed by atoms with Crippen molar-refractivity contribution in [3.63, 3.8) is 0 Å². The van der Waals surface area contributed by atoms with Crippen molar-refractivity contribution in [2.45, 2.75) is 29.5 Å². The minimum absolute atomic E-state index is 0.0205. The maximum atomic E-state index is 12.7. The molecule has 0 bridgehead atoms. The van der Waals surface area contributed by atoms with E-state index < -0.39 is 15.7 Å². The van der Waals surface area contributed by atoms with Crippen molar-refractivity contribution in [3.05, 3.63) is 29.8 Å². The number of fused-ring (bicyclic) bond motifs is 1. The summed E-state index contributed by atoms with van der Waals surface area (Å²) in [6.45, 7) is 2.51. The third kappa shape index (κ3) is 1.50. The van der Waals surface area contributed by atoms with Gasteiger partial charge in [0.05, 0.1) is 17.3 Å². The van der Waals surface area contributed by atoms with Crippen LogP contribution in [-0.4, -0.2) is 21.4 Å². The maximum Gasteiger partial charge on any atom is 0.222 e. The van der Waals surface area contributed by atoms with Crippen LogP contribution in [0.25, 0.3) is 0 Å². The summed E-state index contributed by atoms with van der Waals surface area (Å²) in [5.74, 6) is -0.000190. The molecule has 1 fully saturated rings. The SMILES string of the molecule is Cc1ccc(S(=O)[C@@]23N=NC[C@@H]2CCC3=O)cc1. The van der Waals surface area contributed by atoms with Gasteiger partial charge in [-0.1, -0.05) is 17.7 Å². The Kier molecular flexibility index (Phi) is 2.66. The van der Waals surface area contributed by atoms with Crippen molar-refractivity contribution >= 4 is 16.6 Å². The highest BCUT2D eigenvalue weighted by atomic mass is 32.2. The third-order valence-corrected chi connectivity index (χ3v) is 5.62. The Morgan fingerprint density at radius 1 is 1.33 bits per heavy atom. The molecule has 3 atom stereocenters. The molecular formula is C13H14N2O2S. The first-order valence-electron chi connectivity index (χ1n) is 6.05. The molecule has 0 spiro atoms. The number of aryl methyl sites for hydroxylation is 1. The number of Topliss-reactive ketones (excluding diaryl/α,β-unsaturated/α-hetero) is 1. The lowest BCUT2D eigenvalue weighted by Crippen LogP contribution is -2.41. The van der Waals surface area contributed by atoms with Gasteiger partial charge in [-0.2, -0.15) is 10.2 Å². The number of benzene rings is 1. The van der Waals surface area contributed by atoms with Crippen LogP contribution in [0.3, 0.4) is 0 Å². The largest absolute Gasteiger partial charge is 0.296 e. The van der Waals surface area contributed by atoms with E-state index in [1.54, 1.807) is 0 Å². The topological polar surface area (TPSA) is 58.9 Å². The number of carbonyl (C=O) groups excluding carboxylic acids is 1. The molecule has 18 heavy (non-hydrogen) atoms. The second kappa shape index (κ2) is 4.09. The molecule has 94 valence electrons. The summed E-state index contributed by atoms with van der Waals surface area (Å²) in [5, 5.41) is 8.05. The van der Waals surface area contributed by atoms with E-state index in [0.717, 1.165) is 12.0 Å². The molecule has 0 saturated heterocycles. The first-order chi connectivity index (χ1) is 8.64. The van der Waals surface area contributed by atoms with Crippen LogP contribution in [0.1, 0.15) is 18.4 Å². The zero-order chi connectivity index (χ0) is 12.8. The molecular weight excluding hydrogens is 248 g/mol. The molecule has 0 radical (unpaired) electrons. The van der Waals surface area contributed by atoms with Crippen LogP contribution in [0.2, 0.25) is 0 Å². The maximum absolute atomic E-state index is 12.7. The summed E-state index contributed by atoms with van der Waals surface area (Å²) < 4.78 is 12.7. The lowest BCUT2D eigenvalue weighted by molar-refractivity contribution is -0.119. The Morgan fingerprint density at radius 2 is 2.06 bits per heavy atom. The molecule has 0 aromatic heterocycles. The first kappa shape index (κ1) is 11.7. The molecule has 1 aliphatic heterocycles. The number of rotatable bonds is 2. The molecule has 1 saturated carbocycles. The number of hydrogen-bond donors (Lipinski definition) is 0. The lowest BCUT2D eigenvalue weighted by Gasteiger charge is -2.22. The molecule has 1 unspecified atom stereocenters. The van der Waals surface area contributed by atoms with Crippen LogP contribution in [0.5, 0.6) is 0 Å². The van der Waals surface area contributed by atoms with Crippen LogP contribution in [0, 0.1) is 12.8 Å². The van der Waals surface area contributed by atoms with Gasteiger partial charge in [0.25, 0.3) is 0 Å². The summed E-state index contributed by atoms with van der Waals surface area (Å²) in [4.78, 5) is 11.7.